The van der Waals surface area contributed by atoms with E-state index >= 15 is 0 Å². The maximum absolute atomic E-state index is 12.0. The van der Waals surface area contributed by atoms with Gasteiger partial charge >= 0.3 is 5.63 Å². The van der Waals surface area contributed by atoms with E-state index in [4.69, 9.17) is 9.15 Å². The van der Waals surface area contributed by atoms with Gasteiger partial charge in [-0.1, -0.05) is 24.3 Å². The van der Waals surface area contributed by atoms with Crippen LogP contribution in [0.5, 0.6) is 0 Å². The van der Waals surface area contributed by atoms with Gasteiger partial charge in [-0.15, -0.1) is 0 Å². The van der Waals surface area contributed by atoms with Crippen molar-refractivity contribution < 1.29 is 9.15 Å². The number of morpholine rings is 1. The molecule has 0 saturated carbocycles. The van der Waals surface area contributed by atoms with Gasteiger partial charge in [0.05, 0.1) is 13.2 Å². The molecule has 0 atom stereocenters. The van der Waals surface area contributed by atoms with Crippen LogP contribution in [0.1, 0.15) is 5.56 Å². The average Bonchev–Trinajstić information content (AvgIpc) is 2.62. The molecule has 0 aliphatic carbocycles. The smallest absolute Gasteiger partial charge is 0.338 e. The van der Waals surface area contributed by atoms with Gasteiger partial charge in [-0.25, -0.2) is 4.79 Å². The van der Waals surface area contributed by atoms with E-state index in [1.54, 1.807) is 6.07 Å². The third-order valence-corrected chi connectivity index (χ3v) is 4.37. The number of hydrogen-bond donors (Lipinski definition) is 0. The first-order valence-electron chi connectivity index (χ1n) is 8.06. The second kappa shape index (κ2) is 6.09. The van der Waals surface area contributed by atoms with Crippen molar-refractivity contribution in [2.24, 2.45) is 0 Å². The summed E-state index contributed by atoms with van der Waals surface area (Å²) >= 11 is 0. The Bertz CT molecular complexity index is 943. The number of hydrogen-bond acceptors (Lipinski definition) is 5. The lowest BCUT2D eigenvalue weighted by atomic mass is 9.99. The molecule has 0 N–H and O–H groups in total. The van der Waals surface area contributed by atoms with Crippen LogP contribution in [-0.4, -0.2) is 31.3 Å². The number of aromatic nitrogens is 1. The van der Waals surface area contributed by atoms with Gasteiger partial charge in [0.15, 0.2) is 0 Å². The minimum absolute atomic E-state index is 0.379. The van der Waals surface area contributed by atoms with Crippen LogP contribution in [0.4, 0.5) is 5.82 Å². The fourth-order valence-corrected chi connectivity index (χ4v) is 3.10. The van der Waals surface area contributed by atoms with Crippen molar-refractivity contribution >= 4 is 16.9 Å². The molecule has 1 fully saturated rings. The molecular formula is C19H18N2O3. The summed E-state index contributed by atoms with van der Waals surface area (Å²) in [4.78, 5) is 18.8. The number of anilines is 1. The standard InChI is InChI=1S/C19H18N2O3/c1-13-4-2-3-5-14(13)16-12-18(22)24-19-15(16)6-7-17(20-19)21-8-10-23-11-9-21/h2-7,12H,8-11H2,1H3. The molecule has 3 heterocycles. The monoisotopic (exact) mass is 322 g/mol. The Labute approximate surface area is 139 Å². The zero-order valence-corrected chi connectivity index (χ0v) is 13.5. The van der Waals surface area contributed by atoms with Crippen LogP contribution in [0.3, 0.4) is 0 Å². The molecule has 2 aromatic heterocycles. The third kappa shape index (κ3) is 2.67. The van der Waals surface area contributed by atoms with Crippen molar-refractivity contribution in [1.29, 1.82) is 0 Å². The summed E-state index contributed by atoms with van der Waals surface area (Å²) in [5, 5.41) is 0.848. The molecule has 0 amide bonds. The lowest BCUT2D eigenvalue weighted by molar-refractivity contribution is 0.122. The van der Waals surface area contributed by atoms with Crippen LogP contribution in [0, 0.1) is 6.92 Å². The Morgan fingerprint density at radius 2 is 1.83 bits per heavy atom. The highest BCUT2D eigenvalue weighted by molar-refractivity contribution is 5.92. The molecule has 1 saturated heterocycles. The molecule has 24 heavy (non-hydrogen) atoms. The van der Waals surface area contributed by atoms with E-state index in [0.717, 1.165) is 41.0 Å². The summed E-state index contributed by atoms with van der Waals surface area (Å²) in [5.41, 5.74) is 3.00. The predicted octanol–water partition coefficient (Wildman–Crippen LogP) is 3.00. The summed E-state index contributed by atoms with van der Waals surface area (Å²) in [6.45, 7) is 4.99. The van der Waals surface area contributed by atoms with E-state index < -0.39 is 0 Å². The molecule has 122 valence electrons. The van der Waals surface area contributed by atoms with Gasteiger partial charge in [0.1, 0.15) is 5.82 Å². The van der Waals surface area contributed by atoms with E-state index in [2.05, 4.69) is 9.88 Å². The lowest BCUT2D eigenvalue weighted by Crippen LogP contribution is -2.36. The topological polar surface area (TPSA) is 55.6 Å². The molecular weight excluding hydrogens is 304 g/mol. The van der Waals surface area contributed by atoms with E-state index in [0.29, 0.717) is 18.9 Å². The maximum atomic E-state index is 12.0. The number of benzene rings is 1. The molecule has 1 aliphatic rings. The minimum Gasteiger partial charge on any atom is -0.404 e. The quantitative estimate of drug-likeness (QED) is 0.726. The Morgan fingerprint density at radius 3 is 2.62 bits per heavy atom. The molecule has 5 nitrogen and oxygen atoms in total. The summed E-state index contributed by atoms with van der Waals surface area (Å²) in [6.07, 6.45) is 0. The molecule has 0 unspecified atom stereocenters. The molecule has 0 spiro atoms. The number of pyridine rings is 1. The average molecular weight is 322 g/mol. The number of ether oxygens (including phenoxy) is 1. The van der Waals surface area contributed by atoms with Gasteiger partial charge in [-0.3, -0.25) is 0 Å². The first kappa shape index (κ1) is 14.9. The first-order chi connectivity index (χ1) is 11.7. The zero-order valence-electron chi connectivity index (χ0n) is 13.5. The molecule has 1 aromatic carbocycles. The van der Waals surface area contributed by atoms with E-state index in [1.165, 1.54) is 0 Å². The number of rotatable bonds is 2. The van der Waals surface area contributed by atoms with Gasteiger partial charge in [-0.2, -0.15) is 4.98 Å². The summed E-state index contributed by atoms with van der Waals surface area (Å²) in [6, 6.07) is 13.5. The van der Waals surface area contributed by atoms with Crippen molar-refractivity contribution in [3.8, 4) is 11.1 Å². The molecule has 4 rings (SSSR count). The minimum atomic E-state index is -0.382. The van der Waals surface area contributed by atoms with Crippen LogP contribution in [0.15, 0.2) is 51.7 Å². The normalized spacial score (nSPS) is 15.0. The third-order valence-electron chi connectivity index (χ3n) is 4.37. The SMILES string of the molecule is Cc1ccccc1-c1cc(=O)oc2nc(N3CCOCC3)ccc12. The van der Waals surface area contributed by atoms with Crippen molar-refractivity contribution in [1.82, 2.24) is 4.98 Å². The molecule has 5 heteroatoms. The van der Waals surface area contributed by atoms with Crippen molar-refractivity contribution in [2.75, 3.05) is 31.2 Å². The van der Waals surface area contributed by atoms with Gasteiger partial charge in [0.25, 0.3) is 0 Å². The Morgan fingerprint density at radius 1 is 1.04 bits per heavy atom. The van der Waals surface area contributed by atoms with Crippen LogP contribution in [0.2, 0.25) is 0 Å². The fraction of sp³-hybridized carbons (Fsp3) is 0.263. The number of fused-ring (bicyclic) bond motifs is 1. The fourth-order valence-electron chi connectivity index (χ4n) is 3.10. The summed E-state index contributed by atoms with van der Waals surface area (Å²) < 4.78 is 10.7. The second-order valence-electron chi connectivity index (χ2n) is 5.92. The van der Waals surface area contributed by atoms with E-state index in [9.17, 15) is 4.79 Å². The highest BCUT2D eigenvalue weighted by Gasteiger charge is 2.16. The Balaban J connectivity index is 1.87. The van der Waals surface area contributed by atoms with Crippen LogP contribution < -0.4 is 10.5 Å². The zero-order chi connectivity index (χ0) is 16.5. The van der Waals surface area contributed by atoms with Crippen molar-refractivity contribution in [3.05, 3.63) is 58.4 Å². The van der Waals surface area contributed by atoms with Crippen molar-refractivity contribution in [3.63, 3.8) is 0 Å². The Kier molecular flexibility index (Phi) is 3.78. The van der Waals surface area contributed by atoms with Gasteiger partial charge in [-0.05, 0) is 30.2 Å². The van der Waals surface area contributed by atoms with Gasteiger partial charge in [0.2, 0.25) is 5.71 Å². The predicted molar refractivity (Wildman–Crippen MR) is 93.5 cm³/mol. The first-order valence-corrected chi connectivity index (χ1v) is 8.06. The Hall–Kier alpha value is -2.66. The van der Waals surface area contributed by atoms with Crippen LogP contribution in [0.25, 0.3) is 22.2 Å². The van der Waals surface area contributed by atoms with Gasteiger partial charge < -0.3 is 14.1 Å². The maximum Gasteiger partial charge on any atom is 0.338 e. The van der Waals surface area contributed by atoms with E-state index in [-0.39, 0.29) is 5.63 Å². The number of nitrogens with zero attached hydrogens (tertiary/aromatic N) is 2. The summed E-state index contributed by atoms with van der Waals surface area (Å²) in [5.74, 6) is 0.816. The molecule has 0 radical (unpaired) electrons. The van der Waals surface area contributed by atoms with Crippen LogP contribution in [-0.2, 0) is 4.74 Å². The summed E-state index contributed by atoms with van der Waals surface area (Å²) in [7, 11) is 0. The molecule has 0 bridgehead atoms. The van der Waals surface area contributed by atoms with Gasteiger partial charge in [0, 0.05) is 30.1 Å². The lowest BCUT2D eigenvalue weighted by Gasteiger charge is -2.27. The molecule has 3 aromatic rings. The van der Waals surface area contributed by atoms with Crippen LogP contribution >= 0.6 is 0 Å². The van der Waals surface area contributed by atoms with E-state index in [1.807, 2.05) is 43.3 Å². The largest absolute Gasteiger partial charge is 0.404 e. The molecule has 1 aliphatic heterocycles. The highest BCUT2D eigenvalue weighted by atomic mass is 16.5. The van der Waals surface area contributed by atoms with Crippen molar-refractivity contribution in [2.45, 2.75) is 6.92 Å². The number of aryl methyl sites for hydroxylation is 1. The highest BCUT2D eigenvalue weighted by Crippen LogP contribution is 2.30. The second-order valence-corrected chi connectivity index (χ2v) is 5.92.